The molecule has 0 saturated heterocycles. The van der Waals surface area contributed by atoms with Crippen molar-refractivity contribution in [3.63, 3.8) is 0 Å². The van der Waals surface area contributed by atoms with Gasteiger partial charge in [-0.25, -0.2) is 9.37 Å². The second kappa shape index (κ2) is 9.22. The molecule has 0 bridgehead atoms. The van der Waals surface area contributed by atoms with E-state index in [9.17, 15) is 17.6 Å². The van der Waals surface area contributed by atoms with E-state index < -0.39 is 17.7 Å². The summed E-state index contributed by atoms with van der Waals surface area (Å²) < 4.78 is 62.2. The average Bonchev–Trinajstić information content (AvgIpc) is 2.74. The van der Waals surface area contributed by atoms with Crippen LogP contribution in [0.3, 0.4) is 0 Å². The highest BCUT2D eigenvalue weighted by atomic mass is 19.4. The van der Waals surface area contributed by atoms with Crippen LogP contribution in [0.15, 0.2) is 54.9 Å². The van der Waals surface area contributed by atoms with Gasteiger partial charge in [-0.05, 0) is 29.8 Å². The maximum absolute atomic E-state index is 13.2. The van der Waals surface area contributed by atoms with E-state index in [1.165, 1.54) is 30.5 Å². The van der Waals surface area contributed by atoms with Gasteiger partial charge in [0, 0.05) is 24.2 Å². The third-order valence-electron chi connectivity index (χ3n) is 3.97. The Bertz CT molecular complexity index is 1050. The van der Waals surface area contributed by atoms with E-state index in [2.05, 4.69) is 9.97 Å². The lowest BCUT2D eigenvalue weighted by atomic mass is 10.1. The van der Waals surface area contributed by atoms with Crippen molar-refractivity contribution in [2.75, 3.05) is 13.2 Å². The first-order valence-electron chi connectivity index (χ1n) is 8.82. The Morgan fingerprint density at radius 3 is 2.40 bits per heavy atom. The van der Waals surface area contributed by atoms with Gasteiger partial charge in [0.2, 0.25) is 0 Å². The highest BCUT2D eigenvalue weighted by molar-refractivity contribution is 5.70. The predicted octanol–water partition coefficient (Wildman–Crippen LogP) is 5.02. The summed E-state index contributed by atoms with van der Waals surface area (Å²) in [6.45, 7) is 0.315. The fraction of sp³-hybridized carbons (Fsp3) is 0.190. The number of halogens is 4. The molecular weight excluding hydrogens is 402 g/mol. The van der Waals surface area contributed by atoms with Crippen LogP contribution >= 0.6 is 0 Å². The maximum atomic E-state index is 13.2. The van der Waals surface area contributed by atoms with Crippen molar-refractivity contribution in [3.05, 3.63) is 72.1 Å². The predicted molar refractivity (Wildman–Crippen MR) is 99.2 cm³/mol. The molecule has 2 aromatic heterocycles. The first kappa shape index (κ1) is 21.0. The molecule has 0 aliphatic heterocycles. The first-order valence-corrected chi connectivity index (χ1v) is 8.82. The van der Waals surface area contributed by atoms with E-state index in [-0.39, 0.29) is 24.7 Å². The Morgan fingerprint density at radius 2 is 1.70 bits per heavy atom. The van der Waals surface area contributed by atoms with Crippen LogP contribution in [0.1, 0.15) is 17.8 Å². The lowest BCUT2D eigenvalue weighted by Crippen LogP contribution is -2.09. The summed E-state index contributed by atoms with van der Waals surface area (Å²) in [4.78, 5) is 7.24. The number of benzene rings is 1. The fourth-order valence-corrected chi connectivity index (χ4v) is 2.56. The number of nitriles is 1. The van der Waals surface area contributed by atoms with Crippen molar-refractivity contribution in [2.45, 2.75) is 12.6 Å². The van der Waals surface area contributed by atoms with Gasteiger partial charge in [0.25, 0.3) is 0 Å². The van der Waals surface area contributed by atoms with Crippen LogP contribution in [-0.2, 0) is 6.18 Å². The molecule has 0 amide bonds. The van der Waals surface area contributed by atoms with Crippen LogP contribution in [0.4, 0.5) is 17.6 Å². The molecule has 1 aromatic carbocycles. The molecule has 2 heterocycles. The SMILES string of the molecule is N#Cc1cc(-c2ccc(F)cc2)c(OCCCOc2ccnc(C(F)(F)F)c2)cn1. The molecule has 0 spiro atoms. The van der Waals surface area contributed by atoms with Gasteiger partial charge in [-0.2, -0.15) is 18.4 Å². The number of hydrogen-bond donors (Lipinski definition) is 0. The van der Waals surface area contributed by atoms with Gasteiger partial charge in [0.15, 0.2) is 0 Å². The van der Waals surface area contributed by atoms with E-state index >= 15 is 0 Å². The van der Waals surface area contributed by atoms with Crippen molar-refractivity contribution in [2.24, 2.45) is 0 Å². The van der Waals surface area contributed by atoms with E-state index in [0.29, 0.717) is 23.3 Å². The quantitative estimate of drug-likeness (QED) is 0.399. The molecule has 30 heavy (non-hydrogen) atoms. The third-order valence-corrected chi connectivity index (χ3v) is 3.97. The summed E-state index contributed by atoms with van der Waals surface area (Å²) >= 11 is 0. The summed E-state index contributed by atoms with van der Waals surface area (Å²) in [7, 11) is 0. The fourth-order valence-electron chi connectivity index (χ4n) is 2.56. The number of aromatic nitrogens is 2. The smallest absolute Gasteiger partial charge is 0.433 e. The zero-order chi connectivity index (χ0) is 21.6. The number of alkyl halides is 3. The number of nitrogens with zero attached hydrogens (tertiary/aromatic N) is 3. The molecule has 0 N–H and O–H groups in total. The Hall–Kier alpha value is -3.67. The molecule has 0 aliphatic carbocycles. The minimum Gasteiger partial charge on any atom is -0.493 e. The van der Waals surface area contributed by atoms with E-state index in [1.807, 2.05) is 6.07 Å². The molecule has 0 atom stereocenters. The summed E-state index contributed by atoms with van der Waals surface area (Å²) in [5.74, 6) is 0.0611. The van der Waals surface area contributed by atoms with E-state index in [1.54, 1.807) is 12.1 Å². The Morgan fingerprint density at radius 1 is 0.967 bits per heavy atom. The zero-order valence-corrected chi connectivity index (χ0v) is 15.5. The van der Waals surface area contributed by atoms with E-state index in [4.69, 9.17) is 14.7 Å². The second-order valence-corrected chi connectivity index (χ2v) is 6.11. The Labute approximate surface area is 169 Å². The normalized spacial score (nSPS) is 11.0. The molecule has 0 aliphatic rings. The van der Waals surface area contributed by atoms with Crippen LogP contribution in [-0.4, -0.2) is 23.2 Å². The standard InChI is InChI=1S/C21H15F4N3O2/c22-15-4-2-14(3-5-15)18-10-16(12-26)28-13-19(18)30-9-1-8-29-17-6-7-27-20(11-17)21(23,24)25/h2-7,10-11,13H,1,8-9H2. The highest BCUT2D eigenvalue weighted by Crippen LogP contribution is 2.31. The monoisotopic (exact) mass is 417 g/mol. The second-order valence-electron chi connectivity index (χ2n) is 6.11. The minimum atomic E-state index is -4.54. The van der Waals surface area contributed by atoms with Gasteiger partial charge in [-0.1, -0.05) is 12.1 Å². The van der Waals surface area contributed by atoms with Crippen molar-refractivity contribution >= 4 is 0 Å². The topological polar surface area (TPSA) is 68.0 Å². The number of hydrogen-bond acceptors (Lipinski definition) is 5. The summed E-state index contributed by atoms with van der Waals surface area (Å²) in [6, 6.07) is 11.4. The highest BCUT2D eigenvalue weighted by Gasteiger charge is 2.32. The molecule has 3 rings (SSSR count). The molecule has 154 valence electrons. The third kappa shape index (κ3) is 5.44. The minimum absolute atomic E-state index is 0.0596. The molecule has 5 nitrogen and oxygen atoms in total. The molecular formula is C21H15F4N3O2. The molecule has 0 fully saturated rings. The lowest BCUT2D eigenvalue weighted by Gasteiger charge is -2.12. The van der Waals surface area contributed by atoms with Crippen LogP contribution in [0, 0.1) is 17.1 Å². The zero-order valence-electron chi connectivity index (χ0n) is 15.5. The van der Waals surface area contributed by atoms with Crippen molar-refractivity contribution in [1.82, 2.24) is 9.97 Å². The lowest BCUT2D eigenvalue weighted by molar-refractivity contribution is -0.141. The van der Waals surface area contributed by atoms with Gasteiger partial charge >= 0.3 is 6.18 Å². The van der Waals surface area contributed by atoms with Gasteiger partial charge in [-0.15, -0.1) is 0 Å². The maximum Gasteiger partial charge on any atom is 0.433 e. The number of rotatable bonds is 7. The summed E-state index contributed by atoms with van der Waals surface area (Å²) in [5, 5.41) is 9.06. The van der Waals surface area contributed by atoms with Gasteiger partial charge in [0.1, 0.15) is 34.8 Å². The largest absolute Gasteiger partial charge is 0.493 e. The van der Waals surface area contributed by atoms with Crippen molar-refractivity contribution in [3.8, 4) is 28.7 Å². The molecule has 0 radical (unpaired) electrons. The van der Waals surface area contributed by atoms with Gasteiger partial charge in [-0.3, -0.25) is 4.98 Å². The van der Waals surface area contributed by atoms with Gasteiger partial charge < -0.3 is 9.47 Å². The molecule has 3 aromatic rings. The molecule has 0 saturated carbocycles. The Balaban J connectivity index is 1.60. The van der Waals surface area contributed by atoms with Crippen LogP contribution < -0.4 is 9.47 Å². The van der Waals surface area contributed by atoms with Crippen LogP contribution in [0.5, 0.6) is 11.5 Å². The molecule has 0 unspecified atom stereocenters. The summed E-state index contributed by atoms with van der Waals surface area (Å²) in [6.07, 6.45) is -1.73. The van der Waals surface area contributed by atoms with Crippen molar-refractivity contribution < 1.29 is 27.0 Å². The molecule has 9 heteroatoms. The Kier molecular flexibility index (Phi) is 6.47. The van der Waals surface area contributed by atoms with E-state index in [0.717, 1.165) is 12.3 Å². The van der Waals surface area contributed by atoms with Crippen LogP contribution in [0.2, 0.25) is 0 Å². The first-order chi connectivity index (χ1) is 14.4. The number of ether oxygens (including phenoxy) is 2. The van der Waals surface area contributed by atoms with Crippen molar-refractivity contribution in [1.29, 1.82) is 5.26 Å². The number of pyridine rings is 2. The average molecular weight is 417 g/mol. The summed E-state index contributed by atoms with van der Waals surface area (Å²) in [5.41, 5.74) is 0.386. The van der Waals surface area contributed by atoms with Crippen LogP contribution in [0.25, 0.3) is 11.1 Å². The van der Waals surface area contributed by atoms with Gasteiger partial charge in [0.05, 0.1) is 19.4 Å².